The Balaban J connectivity index is 1.91. The maximum Gasteiger partial charge on any atom is 0.371 e. The van der Waals surface area contributed by atoms with Crippen molar-refractivity contribution >= 4 is 11.8 Å². The van der Waals surface area contributed by atoms with Crippen LogP contribution in [0, 0.1) is 0 Å². The van der Waals surface area contributed by atoms with Crippen molar-refractivity contribution in [2.24, 2.45) is 0 Å². The van der Waals surface area contributed by atoms with Crippen LogP contribution < -0.4 is 4.74 Å². The molecule has 1 N–H and O–H groups in total. The Morgan fingerprint density at radius 3 is 2.58 bits per heavy atom. The van der Waals surface area contributed by atoms with Crippen LogP contribution >= 0.6 is 0 Å². The summed E-state index contributed by atoms with van der Waals surface area (Å²) in [5.74, 6) is -1.41. The molecule has 0 fully saturated rings. The smallest absolute Gasteiger partial charge is 0.371 e. The van der Waals surface area contributed by atoms with Crippen molar-refractivity contribution in [2.45, 2.75) is 5.92 Å². The van der Waals surface area contributed by atoms with E-state index in [0.717, 1.165) is 5.56 Å². The van der Waals surface area contributed by atoms with Crippen LogP contribution in [0.25, 0.3) is 0 Å². The number of rotatable bonds is 3. The number of fused-ring (bicyclic) bond motifs is 1. The molecule has 5 heteroatoms. The minimum absolute atomic E-state index is 0.0442. The van der Waals surface area contributed by atoms with Gasteiger partial charge in [-0.05, 0) is 18.2 Å². The molecule has 2 aromatic rings. The van der Waals surface area contributed by atoms with Gasteiger partial charge in [-0.3, -0.25) is 4.79 Å². The van der Waals surface area contributed by atoms with Crippen molar-refractivity contribution in [2.75, 3.05) is 6.61 Å². The van der Waals surface area contributed by atoms with E-state index in [9.17, 15) is 9.59 Å². The van der Waals surface area contributed by atoms with Gasteiger partial charge in [0.2, 0.25) is 11.5 Å². The third-order valence-electron chi connectivity index (χ3n) is 3.08. The summed E-state index contributed by atoms with van der Waals surface area (Å²) in [5.41, 5.74) is 0.806. The molecule has 3 rings (SSSR count). The van der Waals surface area contributed by atoms with Crippen LogP contribution in [0.5, 0.6) is 5.75 Å². The van der Waals surface area contributed by atoms with Crippen LogP contribution in [0.3, 0.4) is 0 Å². The predicted octanol–water partition coefficient (Wildman–Crippen LogP) is 2.34. The van der Waals surface area contributed by atoms with E-state index < -0.39 is 11.9 Å². The summed E-state index contributed by atoms with van der Waals surface area (Å²) in [7, 11) is 0. The normalized spacial score (nSPS) is 16.7. The molecule has 5 nitrogen and oxygen atoms in total. The molecule has 0 saturated heterocycles. The molecule has 96 valence electrons. The number of ketones is 1. The summed E-state index contributed by atoms with van der Waals surface area (Å²) in [4.78, 5) is 23.0. The molecule has 1 aliphatic heterocycles. The lowest BCUT2D eigenvalue weighted by atomic mass is 9.95. The highest BCUT2D eigenvalue weighted by atomic mass is 16.5. The molecule has 1 atom stereocenters. The van der Waals surface area contributed by atoms with Gasteiger partial charge >= 0.3 is 5.97 Å². The number of hydrogen-bond acceptors (Lipinski definition) is 4. The van der Waals surface area contributed by atoms with E-state index in [2.05, 4.69) is 0 Å². The van der Waals surface area contributed by atoms with Gasteiger partial charge in [0.15, 0.2) is 5.76 Å². The van der Waals surface area contributed by atoms with Crippen molar-refractivity contribution < 1.29 is 23.8 Å². The summed E-state index contributed by atoms with van der Waals surface area (Å²) in [6, 6.07) is 9.95. The molecular weight excluding hydrogens is 248 g/mol. The topological polar surface area (TPSA) is 76.7 Å². The van der Waals surface area contributed by atoms with E-state index in [1.54, 1.807) is 6.07 Å². The number of aromatic carboxylic acids is 1. The quantitative estimate of drug-likeness (QED) is 0.855. The lowest BCUT2D eigenvalue weighted by Gasteiger charge is -2.04. The number of para-hydroxylation sites is 1. The second kappa shape index (κ2) is 4.28. The summed E-state index contributed by atoms with van der Waals surface area (Å²) in [6.07, 6.45) is 0. The van der Waals surface area contributed by atoms with Gasteiger partial charge in [-0.15, -0.1) is 0 Å². The number of ether oxygens (including phenoxy) is 1. The van der Waals surface area contributed by atoms with Gasteiger partial charge in [-0.25, -0.2) is 4.79 Å². The zero-order valence-corrected chi connectivity index (χ0v) is 9.83. The van der Waals surface area contributed by atoms with Gasteiger partial charge in [0, 0.05) is 5.56 Å². The molecule has 0 radical (unpaired) electrons. The fourth-order valence-electron chi connectivity index (χ4n) is 2.14. The monoisotopic (exact) mass is 258 g/mol. The first-order valence-electron chi connectivity index (χ1n) is 5.76. The summed E-state index contributed by atoms with van der Waals surface area (Å²) in [6.45, 7) is 0.251. The number of carboxylic acids is 1. The fourth-order valence-corrected chi connectivity index (χ4v) is 2.14. The Labute approximate surface area is 108 Å². The van der Waals surface area contributed by atoms with E-state index in [4.69, 9.17) is 14.3 Å². The van der Waals surface area contributed by atoms with Crippen molar-refractivity contribution in [3.63, 3.8) is 0 Å². The van der Waals surface area contributed by atoms with Gasteiger partial charge in [0.05, 0.1) is 5.92 Å². The largest absolute Gasteiger partial charge is 0.492 e. The molecule has 1 aliphatic rings. The van der Waals surface area contributed by atoms with E-state index in [-0.39, 0.29) is 23.9 Å². The zero-order chi connectivity index (χ0) is 13.4. The first kappa shape index (κ1) is 11.5. The highest BCUT2D eigenvalue weighted by molar-refractivity contribution is 6.00. The first-order chi connectivity index (χ1) is 9.16. The minimum Gasteiger partial charge on any atom is -0.492 e. The van der Waals surface area contributed by atoms with Crippen molar-refractivity contribution in [3.8, 4) is 5.75 Å². The lowest BCUT2D eigenvalue weighted by molar-refractivity contribution is 0.0659. The van der Waals surface area contributed by atoms with E-state index in [1.807, 2.05) is 18.2 Å². The molecule has 19 heavy (non-hydrogen) atoms. The second-order valence-corrected chi connectivity index (χ2v) is 4.23. The highest BCUT2D eigenvalue weighted by Crippen LogP contribution is 2.35. The van der Waals surface area contributed by atoms with Crippen LogP contribution in [0.2, 0.25) is 0 Å². The van der Waals surface area contributed by atoms with E-state index >= 15 is 0 Å². The standard InChI is InChI=1S/C14H10O5/c15-13(11-5-6-12(19-11)14(16)17)9-7-18-10-4-2-1-3-8(9)10/h1-6,9H,7H2,(H,16,17). The third kappa shape index (κ3) is 1.89. The molecule has 0 spiro atoms. The Morgan fingerprint density at radius 2 is 1.84 bits per heavy atom. The van der Waals surface area contributed by atoms with E-state index in [0.29, 0.717) is 5.75 Å². The average molecular weight is 258 g/mol. The fraction of sp³-hybridized carbons (Fsp3) is 0.143. The van der Waals surface area contributed by atoms with Crippen molar-refractivity contribution in [1.82, 2.24) is 0 Å². The molecule has 2 heterocycles. The lowest BCUT2D eigenvalue weighted by Crippen LogP contribution is -2.13. The second-order valence-electron chi connectivity index (χ2n) is 4.23. The molecule has 1 aromatic heterocycles. The maximum atomic E-state index is 12.3. The van der Waals surface area contributed by atoms with Gasteiger partial charge in [0.1, 0.15) is 12.4 Å². The molecule has 0 amide bonds. The molecule has 0 saturated carbocycles. The Hall–Kier alpha value is -2.56. The zero-order valence-electron chi connectivity index (χ0n) is 9.83. The number of hydrogen-bond donors (Lipinski definition) is 1. The average Bonchev–Trinajstić information content (AvgIpc) is 3.05. The number of furan rings is 1. The predicted molar refractivity (Wildman–Crippen MR) is 64.7 cm³/mol. The molecule has 1 unspecified atom stereocenters. The van der Waals surface area contributed by atoms with Crippen molar-refractivity contribution in [3.05, 3.63) is 53.5 Å². The Morgan fingerprint density at radius 1 is 1.11 bits per heavy atom. The van der Waals surface area contributed by atoms with Gasteiger partial charge in [-0.2, -0.15) is 0 Å². The SMILES string of the molecule is O=C(O)c1ccc(C(=O)C2COc3ccccc32)o1. The van der Waals surface area contributed by atoms with Gasteiger partial charge < -0.3 is 14.3 Å². The summed E-state index contributed by atoms with van der Waals surface area (Å²) < 4.78 is 10.5. The van der Waals surface area contributed by atoms with Crippen LogP contribution in [0.1, 0.15) is 32.6 Å². The Kier molecular flexibility index (Phi) is 2.59. The Bertz CT molecular complexity index is 655. The van der Waals surface area contributed by atoms with Crippen LogP contribution in [0.4, 0.5) is 0 Å². The number of benzene rings is 1. The molecular formula is C14H10O5. The number of carboxylic acid groups (broad SMARTS) is 1. The number of carbonyl (C=O) groups is 2. The van der Waals surface area contributed by atoms with Gasteiger partial charge in [0.25, 0.3) is 0 Å². The molecule has 0 bridgehead atoms. The van der Waals surface area contributed by atoms with E-state index in [1.165, 1.54) is 12.1 Å². The first-order valence-corrected chi connectivity index (χ1v) is 5.76. The van der Waals surface area contributed by atoms with Crippen LogP contribution in [-0.2, 0) is 0 Å². The molecule has 0 aliphatic carbocycles. The number of Topliss-reactive ketones (excluding diaryl/α,β-unsaturated/α-hetero) is 1. The van der Waals surface area contributed by atoms with Crippen LogP contribution in [0.15, 0.2) is 40.8 Å². The number of carbonyl (C=O) groups excluding carboxylic acids is 1. The van der Waals surface area contributed by atoms with Crippen LogP contribution in [-0.4, -0.2) is 23.5 Å². The highest BCUT2D eigenvalue weighted by Gasteiger charge is 2.32. The maximum absolute atomic E-state index is 12.3. The minimum atomic E-state index is -1.19. The van der Waals surface area contributed by atoms with Gasteiger partial charge in [-0.1, -0.05) is 18.2 Å². The summed E-state index contributed by atoms with van der Waals surface area (Å²) in [5, 5.41) is 8.77. The van der Waals surface area contributed by atoms with Crippen molar-refractivity contribution in [1.29, 1.82) is 0 Å². The summed E-state index contributed by atoms with van der Waals surface area (Å²) >= 11 is 0. The molecule has 1 aromatic carbocycles. The third-order valence-corrected chi connectivity index (χ3v) is 3.08.